The molecule has 0 bridgehead atoms. The zero-order chi connectivity index (χ0) is 29.4. The van der Waals surface area contributed by atoms with E-state index in [1.54, 1.807) is 29.9 Å². The molecule has 218 valence electrons. The van der Waals surface area contributed by atoms with Gasteiger partial charge in [-0.15, -0.1) is 0 Å². The quantitative estimate of drug-likeness (QED) is 0.209. The molecule has 1 aliphatic carbocycles. The summed E-state index contributed by atoms with van der Waals surface area (Å²) in [6.45, 7) is 6.40. The number of aromatic amines is 2. The van der Waals surface area contributed by atoms with Crippen molar-refractivity contribution in [2.24, 2.45) is 0 Å². The maximum atomic E-state index is 14.4. The molecule has 0 spiro atoms. The van der Waals surface area contributed by atoms with Crippen LogP contribution in [0.25, 0.3) is 28.2 Å². The molecule has 1 aliphatic rings. The molecule has 0 aromatic carbocycles. The lowest BCUT2D eigenvalue weighted by Gasteiger charge is -2.30. The van der Waals surface area contributed by atoms with E-state index in [9.17, 15) is 9.18 Å². The number of H-pyrrole nitrogens is 2. The van der Waals surface area contributed by atoms with Gasteiger partial charge in [-0.2, -0.15) is 19.8 Å². The highest BCUT2D eigenvalue weighted by Crippen LogP contribution is 2.45. The van der Waals surface area contributed by atoms with Gasteiger partial charge in [0.2, 0.25) is 5.82 Å². The van der Waals surface area contributed by atoms with Crippen LogP contribution in [-0.4, -0.2) is 68.4 Å². The molecule has 1 atom stereocenters. The Balaban J connectivity index is 1.32. The second-order valence-electron chi connectivity index (χ2n) is 10.8. The van der Waals surface area contributed by atoms with Crippen LogP contribution in [0.4, 0.5) is 10.2 Å². The van der Waals surface area contributed by atoms with E-state index in [1.165, 1.54) is 6.33 Å². The number of carbonyl (C=O) groups is 1. The molecule has 42 heavy (non-hydrogen) atoms. The summed E-state index contributed by atoms with van der Waals surface area (Å²) < 4.78 is 16.1. The predicted octanol–water partition coefficient (Wildman–Crippen LogP) is 4.47. The average molecular weight is 572 g/mol. The minimum absolute atomic E-state index is 0.000975. The second-order valence-corrected chi connectivity index (χ2v) is 10.8. The summed E-state index contributed by atoms with van der Waals surface area (Å²) in [7, 11) is 0. The van der Waals surface area contributed by atoms with E-state index in [1.807, 2.05) is 11.0 Å². The van der Waals surface area contributed by atoms with Crippen LogP contribution in [0.3, 0.4) is 0 Å². The van der Waals surface area contributed by atoms with Crippen molar-refractivity contribution in [1.29, 1.82) is 0 Å². The van der Waals surface area contributed by atoms with Crippen LogP contribution < -0.4 is 5.73 Å². The lowest BCUT2D eigenvalue weighted by molar-refractivity contribution is 0.0650. The number of amides is 1. The van der Waals surface area contributed by atoms with E-state index < -0.39 is 5.82 Å². The Kier molecular flexibility index (Phi) is 7.40. The number of nitrogens with zero attached hydrogens (tertiary/aromatic N) is 8. The van der Waals surface area contributed by atoms with Gasteiger partial charge in [-0.05, 0) is 57.4 Å². The Hall–Kier alpha value is -4.68. The Labute approximate surface area is 242 Å². The summed E-state index contributed by atoms with van der Waals surface area (Å²) in [4.78, 5) is 28.8. The largest absolute Gasteiger partial charge is 0.383 e. The molecular weight excluding hydrogens is 537 g/mol. The zero-order valence-corrected chi connectivity index (χ0v) is 23.9. The third kappa shape index (κ3) is 4.99. The first-order valence-corrected chi connectivity index (χ1v) is 14.4. The number of pyridine rings is 1. The topological polar surface area (TPSA) is 160 Å². The van der Waals surface area contributed by atoms with E-state index in [2.05, 4.69) is 49.3 Å². The highest BCUT2D eigenvalue weighted by Gasteiger charge is 2.32. The van der Waals surface area contributed by atoms with Crippen LogP contribution in [0.2, 0.25) is 0 Å². The average Bonchev–Trinajstić information content (AvgIpc) is 3.35. The van der Waals surface area contributed by atoms with Crippen molar-refractivity contribution in [2.75, 3.05) is 12.3 Å². The summed E-state index contributed by atoms with van der Waals surface area (Å²) >= 11 is 0. The first-order valence-electron chi connectivity index (χ1n) is 14.4. The number of anilines is 1. The van der Waals surface area contributed by atoms with Gasteiger partial charge in [0, 0.05) is 35.5 Å². The number of nitrogens with one attached hydrogen (secondary N) is 2. The van der Waals surface area contributed by atoms with Crippen molar-refractivity contribution in [2.45, 2.75) is 71.3 Å². The number of halogens is 1. The van der Waals surface area contributed by atoms with Gasteiger partial charge in [-0.25, -0.2) is 14.4 Å². The van der Waals surface area contributed by atoms with E-state index >= 15 is 0 Å². The van der Waals surface area contributed by atoms with Crippen molar-refractivity contribution in [3.8, 4) is 22.5 Å². The van der Waals surface area contributed by atoms with Gasteiger partial charge in [-0.1, -0.05) is 19.9 Å². The van der Waals surface area contributed by atoms with Crippen molar-refractivity contribution >= 4 is 17.4 Å². The Bertz CT molecular complexity index is 1700. The molecule has 12 nitrogen and oxygen atoms in total. The Morgan fingerprint density at radius 2 is 2.05 bits per heavy atom. The van der Waals surface area contributed by atoms with Gasteiger partial charge < -0.3 is 10.6 Å². The summed E-state index contributed by atoms with van der Waals surface area (Å²) in [6.07, 6.45) is 9.91. The summed E-state index contributed by atoms with van der Waals surface area (Å²) in [5.74, 6) is 0.644. The lowest BCUT2D eigenvalue weighted by atomic mass is 10.00. The maximum absolute atomic E-state index is 14.4. The van der Waals surface area contributed by atoms with Crippen molar-refractivity contribution in [3.05, 3.63) is 59.4 Å². The monoisotopic (exact) mass is 571 g/mol. The molecule has 5 heterocycles. The molecule has 1 fully saturated rings. The first-order chi connectivity index (χ1) is 20.4. The molecule has 5 aromatic rings. The van der Waals surface area contributed by atoms with Gasteiger partial charge in [0.25, 0.3) is 5.91 Å². The number of rotatable bonds is 11. The fourth-order valence-electron chi connectivity index (χ4n) is 5.58. The lowest BCUT2D eigenvalue weighted by Crippen LogP contribution is -2.41. The normalized spacial score (nSPS) is 14.0. The SMILES string of the molecule is CCCN(C(=O)c1ncn[nH]1)[C@H](CC)CCc1nc2c(-c3ccc(-c4n[nH]c(C)c4F)nc3)cnn2c(N)c1C1CC1. The minimum Gasteiger partial charge on any atom is -0.383 e. The van der Waals surface area contributed by atoms with Crippen LogP contribution in [0, 0.1) is 12.7 Å². The van der Waals surface area contributed by atoms with Gasteiger partial charge >= 0.3 is 0 Å². The van der Waals surface area contributed by atoms with Crippen LogP contribution >= 0.6 is 0 Å². The molecule has 13 heteroatoms. The molecule has 0 saturated heterocycles. The number of nitrogen functional groups attached to an aromatic ring is 1. The molecule has 0 unspecified atom stereocenters. The molecule has 1 amide bonds. The summed E-state index contributed by atoms with van der Waals surface area (Å²) in [5.41, 5.74) is 11.9. The van der Waals surface area contributed by atoms with Crippen LogP contribution in [0.15, 0.2) is 30.9 Å². The number of hydrogen-bond donors (Lipinski definition) is 3. The van der Waals surface area contributed by atoms with Crippen LogP contribution in [0.5, 0.6) is 0 Å². The molecule has 5 aromatic heterocycles. The highest BCUT2D eigenvalue weighted by molar-refractivity contribution is 5.90. The third-order valence-electron chi connectivity index (χ3n) is 7.94. The van der Waals surface area contributed by atoms with Gasteiger partial charge in [0.05, 0.1) is 23.3 Å². The van der Waals surface area contributed by atoms with Gasteiger partial charge in [0.1, 0.15) is 17.8 Å². The number of aromatic nitrogens is 9. The number of aryl methyl sites for hydroxylation is 2. The fourth-order valence-corrected chi connectivity index (χ4v) is 5.58. The number of carbonyl (C=O) groups excluding carboxylic acids is 1. The number of nitrogens with two attached hydrogens (primary N) is 1. The van der Waals surface area contributed by atoms with Crippen LogP contribution in [-0.2, 0) is 6.42 Å². The fraction of sp³-hybridized carbons (Fsp3) is 0.414. The van der Waals surface area contributed by atoms with Gasteiger partial charge in [-0.3, -0.25) is 20.0 Å². The van der Waals surface area contributed by atoms with E-state index in [0.29, 0.717) is 41.7 Å². The smallest absolute Gasteiger partial charge is 0.291 e. The molecule has 0 radical (unpaired) electrons. The van der Waals surface area contributed by atoms with Gasteiger partial charge in [0.15, 0.2) is 11.5 Å². The van der Waals surface area contributed by atoms with Crippen molar-refractivity contribution in [3.63, 3.8) is 0 Å². The minimum atomic E-state index is -0.414. The first kappa shape index (κ1) is 27.5. The Morgan fingerprint density at radius 3 is 2.67 bits per heavy atom. The van der Waals surface area contributed by atoms with E-state index in [-0.39, 0.29) is 23.5 Å². The summed E-state index contributed by atoms with van der Waals surface area (Å²) in [5, 5.41) is 17.8. The standard InChI is InChI=1S/C29H34FN11O/c1-4-12-40(29(42)27-33-15-34-39-27)19(5-2)9-11-21-23(17-6-7-17)26(31)41-28(36-21)20(14-35-41)18-8-10-22(32-13-18)25-24(30)16(3)37-38-25/h8,10,13-15,17,19H,4-7,9,11-12,31H2,1-3H3,(H,37,38)(H,33,34,39)/t19-/m1/s1. The maximum Gasteiger partial charge on any atom is 0.291 e. The molecule has 1 saturated carbocycles. The molecule has 4 N–H and O–H groups in total. The molecule has 6 rings (SSSR count). The van der Waals surface area contributed by atoms with E-state index in [4.69, 9.17) is 10.7 Å². The predicted molar refractivity (Wildman–Crippen MR) is 155 cm³/mol. The molecular formula is C29H34FN11O. The number of hydrogen-bond acceptors (Lipinski definition) is 8. The Morgan fingerprint density at radius 1 is 1.21 bits per heavy atom. The van der Waals surface area contributed by atoms with Crippen LogP contribution in [0.1, 0.15) is 79.4 Å². The van der Waals surface area contributed by atoms with Crippen molar-refractivity contribution < 1.29 is 9.18 Å². The van der Waals surface area contributed by atoms with E-state index in [0.717, 1.165) is 54.5 Å². The molecule has 0 aliphatic heterocycles. The third-order valence-corrected chi connectivity index (χ3v) is 7.94. The highest BCUT2D eigenvalue weighted by atomic mass is 19.1. The number of fused-ring (bicyclic) bond motifs is 1. The van der Waals surface area contributed by atoms with Crippen molar-refractivity contribution in [1.82, 2.24) is 49.9 Å². The zero-order valence-electron chi connectivity index (χ0n) is 23.9. The summed E-state index contributed by atoms with van der Waals surface area (Å²) in [6, 6.07) is 3.60. The second kappa shape index (κ2) is 11.3.